The van der Waals surface area contributed by atoms with Gasteiger partial charge in [0.25, 0.3) is 0 Å². The summed E-state index contributed by atoms with van der Waals surface area (Å²) in [7, 11) is 0. The van der Waals surface area contributed by atoms with Gasteiger partial charge in [0, 0.05) is 5.56 Å². The van der Waals surface area contributed by atoms with E-state index in [1.54, 1.807) is 6.07 Å². The lowest BCUT2D eigenvalue weighted by Gasteiger charge is -2.19. The van der Waals surface area contributed by atoms with E-state index in [2.05, 4.69) is 11.8 Å². The second-order valence-corrected chi connectivity index (χ2v) is 3.66. The minimum atomic E-state index is -0.158. The SMILES string of the molecule is CCc1ccc(C#CC2COC2)cc1F. The zero-order valence-corrected chi connectivity index (χ0v) is 8.72. The molecule has 0 bridgehead atoms. The molecule has 78 valence electrons. The van der Waals surface area contributed by atoms with E-state index in [1.165, 1.54) is 6.07 Å². The van der Waals surface area contributed by atoms with E-state index in [9.17, 15) is 4.39 Å². The van der Waals surface area contributed by atoms with Crippen LogP contribution in [0.15, 0.2) is 18.2 Å². The highest BCUT2D eigenvalue weighted by Crippen LogP contribution is 2.11. The van der Waals surface area contributed by atoms with Crippen LogP contribution in [-0.4, -0.2) is 13.2 Å². The van der Waals surface area contributed by atoms with E-state index in [4.69, 9.17) is 4.74 Å². The molecule has 1 nitrogen and oxygen atoms in total. The first-order valence-electron chi connectivity index (χ1n) is 5.17. The lowest BCUT2D eigenvalue weighted by molar-refractivity contribution is -0.00300. The van der Waals surface area contributed by atoms with Gasteiger partial charge in [-0.15, -0.1) is 0 Å². The van der Waals surface area contributed by atoms with Gasteiger partial charge in [-0.25, -0.2) is 4.39 Å². The van der Waals surface area contributed by atoms with Gasteiger partial charge in [0.05, 0.1) is 19.1 Å². The molecule has 1 aliphatic heterocycles. The summed E-state index contributed by atoms with van der Waals surface area (Å²) in [6.45, 7) is 3.36. The van der Waals surface area contributed by atoms with Crippen molar-refractivity contribution in [1.82, 2.24) is 0 Å². The Morgan fingerprint density at radius 2 is 2.27 bits per heavy atom. The molecular weight excluding hydrogens is 191 g/mol. The molecule has 0 radical (unpaired) electrons. The van der Waals surface area contributed by atoms with Crippen LogP contribution in [0.3, 0.4) is 0 Å². The fourth-order valence-corrected chi connectivity index (χ4v) is 1.42. The maximum Gasteiger partial charge on any atom is 0.127 e. The van der Waals surface area contributed by atoms with E-state index in [1.807, 2.05) is 13.0 Å². The van der Waals surface area contributed by atoms with Crippen molar-refractivity contribution in [1.29, 1.82) is 0 Å². The average molecular weight is 204 g/mol. The Hall–Kier alpha value is -1.33. The molecule has 0 spiro atoms. The second-order valence-electron chi connectivity index (χ2n) is 3.66. The van der Waals surface area contributed by atoms with Crippen molar-refractivity contribution in [2.45, 2.75) is 13.3 Å². The summed E-state index contributed by atoms with van der Waals surface area (Å²) in [6.07, 6.45) is 0.718. The van der Waals surface area contributed by atoms with E-state index < -0.39 is 0 Å². The maximum absolute atomic E-state index is 13.4. The largest absolute Gasteiger partial charge is 0.379 e. The molecule has 0 unspecified atom stereocenters. The van der Waals surface area contributed by atoms with Crippen LogP contribution >= 0.6 is 0 Å². The molecule has 0 aliphatic carbocycles. The molecule has 0 aromatic heterocycles. The van der Waals surface area contributed by atoms with Crippen LogP contribution in [0.1, 0.15) is 18.1 Å². The highest BCUT2D eigenvalue weighted by molar-refractivity contribution is 5.37. The molecule has 1 fully saturated rings. The quantitative estimate of drug-likeness (QED) is 0.638. The summed E-state index contributed by atoms with van der Waals surface area (Å²) in [4.78, 5) is 0. The molecule has 2 heteroatoms. The summed E-state index contributed by atoms with van der Waals surface area (Å²) >= 11 is 0. The lowest BCUT2D eigenvalue weighted by atomic mass is 10.1. The molecule has 0 atom stereocenters. The van der Waals surface area contributed by atoms with Crippen LogP contribution in [0.2, 0.25) is 0 Å². The average Bonchev–Trinajstić information content (AvgIpc) is 2.16. The van der Waals surface area contributed by atoms with Crippen LogP contribution in [0.4, 0.5) is 4.39 Å². The molecule has 1 aromatic carbocycles. The summed E-state index contributed by atoms with van der Waals surface area (Å²) in [5.74, 6) is 6.20. The first-order chi connectivity index (χ1) is 7.29. The molecule has 1 saturated heterocycles. The fraction of sp³-hybridized carbons (Fsp3) is 0.385. The number of rotatable bonds is 1. The molecule has 1 aliphatic rings. The zero-order chi connectivity index (χ0) is 10.7. The van der Waals surface area contributed by atoms with Crippen molar-refractivity contribution >= 4 is 0 Å². The zero-order valence-electron chi connectivity index (χ0n) is 8.72. The number of hydrogen-bond acceptors (Lipinski definition) is 1. The number of benzene rings is 1. The van der Waals surface area contributed by atoms with E-state index in [0.717, 1.165) is 17.5 Å². The van der Waals surface area contributed by atoms with Gasteiger partial charge in [-0.05, 0) is 24.1 Å². The van der Waals surface area contributed by atoms with Crippen molar-refractivity contribution in [2.24, 2.45) is 5.92 Å². The van der Waals surface area contributed by atoms with E-state index in [0.29, 0.717) is 19.1 Å². The third-order valence-electron chi connectivity index (χ3n) is 2.49. The number of hydrogen-bond donors (Lipinski definition) is 0. The van der Waals surface area contributed by atoms with Gasteiger partial charge in [0.1, 0.15) is 5.82 Å². The Morgan fingerprint density at radius 1 is 1.47 bits per heavy atom. The van der Waals surface area contributed by atoms with Crippen molar-refractivity contribution < 1.29 is 9.13 Å². The fourth-order valence-electron chi connectivity index (χ4n) is 1.42. The highest BCUT2D eigenvalue weighted by Gasteiger charge is 2.14. The molecule has 0 saturated carbocycles. The van der Waals surface area contributed by atoms with Crippen molar-refractivity contribution in [3.8, 4) is 11.8 Å². The van der Waals surface area contributed by atoms with Crippen molar-refractivity contribution in [3.63, 3.8) is 0 Å². The topological polar surface area (TPSA) is 9.23 Å². The standard InChI is InChI=1S/C13H13FO/c1-2-12-6-5-10(7-13(12)14)3-4-11-8-15-9-11/h5-7,11H,2,8-9H2,1H3. The van der Waals surface area contributed by atoms with Gasteiger partial charge in [-0.2, -0.15) is 0 Å². The van der Waals surface area contributed by atoms with Crippen LogP contribution in [0.25, 0.3) is 0 Å². The van der Waals surface area contributed by atoms with Crippen LogP contribution < -0.4 is 0 Å². The molecule has 0 amide bonds. The molecule has 15 heavy (non-hydrogen) atoms. The van der Waals surface area contributed by atoms with Gasteiger partial charge >= 0.3 is 0 Å². The molecular formula is C13H13FO. The highest BCUT2D eigenvalue weighted by atomic mass is 19.1. The third-order valence-corrected chi connectivity index (χ3v) is 2.49. The predicted octanol–water partition coefficient (Wildman–Crippen LogP) is 2.39. The lowest BCUT2D eigenvalue weighted by Crippen LogP contribution is -2.25. The van der Waals surface area contributed by atoms with Crippen molar-refractivity contribution in [3.05, 3.63) is 35.1 Å². The van der Waals surface area contributed by atoms with Crippen LogP contribution in [0, 0.1) is 23.6 Å². The van der Waals surface area contributed by atoms with Gasteiger partial charge in [0.15, 0.2) is 0 Å². The Balaban J connectivity index is 2.13. The summed E-state index contributed by atoms with van der Waals surface area (Å²) in [5, 5.41) is 0. The van der Waals surface area contributed by atoms with E-state index in [-0.39, 0.29) is 5.82 Å². The van der Waals surface area contributed by atoms with Crippen molar-refractivity contribution in [2.75, 3.05) is 13.2 Å². The molecule has 1 heterocycles. The first kappa shape index (κ1) is 10.2. The Kier molecular flexibility index (Phi) is 3.03. The Labute approximate surface area is 89.3 Å². The Morgan fingerprint density at radius 3 is 2.80 bits per heavy atom. The van der Waals surface area contributed by atoms with E-state index >= 15 is 0 Å². The molecule has 0 N–H and O–H groups in total. The Bertz CT molecular complexity index is 410. The van der Waals surface area contributed by atoms with Gasteiger partial charge < -0.3 is 4.74 Å². The predicted molar refractivity (Wildman–Crippen MR) is 57.0 cm³/mol. The number of ether oxygens (including phenoxy) is 1. The summed E-state index contributed by atoms with van der Waals surface area (Å²) < 4.78 is 18.4. The monoisotopic (exact) mass is 204 g/mol. The van der Waals surface area contributed by atoms with Crippen LogP contribution in [0.5, 0.6) is 0 Å². The molecule has 1 aromatic rings. The summed E-state index contributed by atoms with van der Waals surface area (Å²) in [6, 6.07) is 5.18. The number of halogens is 1. The third kappa shape index (κ3) is 2.37. The molecule has 2 rings (SSSR count). The first-order valence-corrected chi connectivity index (χ1v) is 5.17. The smallest absolute Gasteiger partial charge is 0.127 e. The summed E-state index contributed by atoms with van der Waals surface area (Å²) in [5.41, 5.74) is 1.49. The van der Waals surface area contributed by atoms with Gasteiger partial charge in [-0.1, -0.05) is 24.8 Å². The minimum absolute atomic E-state index is 0.158. The maximum atomic E-state index is 13.4. The number of aryl methyl sites for hydroxylation is 1. The minimum Gasteiger partial charge on any atom is -0.379 e. The van der Waals surface area contributed by atoms with Crippen LogP contribution in [-0.2, 0) is 11.2 Å². The van der Waals surface area contributed by atoms with Gasteiger partial charge in [-0.3, -0.25) is 0 Å². The normalized spacial score (nSPS) is 15.3. The van der Waals surface area contributed by atoms with Gasteiger partial charge in [0.2, 0.25) is 0 Å². The second kappa shape index (κ2) is 4.46.